The average Bonchev–Trinajstić information content (AvgIpc) is 3.63. The van der Waals surface area contributed by atoms with Crippen LogP contribution >= 0.6 is 0 Å². The van der Waals surface area contributed by atoms with Gasteiger partial charge in [-0.25, -0.2) is 14.8 Å². The molecule has 184 valence electrons. The van der Waals surface area contributed by atoms with Gasteiger partial charge in [-0.05, 0) is 68.7 Å². The number of aromatic nitrogens is 4. The molecule has 1 saturated heterocycles. The molecular formula is C29H31N5O2. The maximum atomic E-state index is 12.8. The molecule has 0 radical (unpaired) electrons. The number of ether oxygens (including phenoxy) is 1. The third-order valence-electron chi connectivity index (χ3n) is 7.03. The molecule has 0 unspecified atom stereocenters. The first-order valence-electron chi connectivity index (χ1n) is 12.7. The Morgan fingerprint density at radius 2 is 1.83 bits per heavy atom. The summed E-state index contributed by atoms with van der Waals surface area (Å²) in [5, 5.41) is 0. The average molecular weight is 482 g/mol. The Morgan fingerprint density at radius 3 is 2.58 bits per heavy atom. The number of carbonyl (C=O) groups is 1. The molecule has 1 fully saturated rings. The van der Waals surface area contributed by atoms with E-state index in [1.807, 2.05) is 31.9 Å². The molecule has 0 saturated carbocycles. The van der Waals surface area contributed by atoms with Crippen molar-refractivity contribution in [3.63, 3.8) is 0 Å². The molecule has 36 heavy (non-hydrogen) atoms. The fraction of sp³-hybridized carbons (Fsp3) is 0.345. The van der Waals surface area contributed by atoms with E-state index < -0.39 is 5.60 Å². The maximum absolute atomic E-state index is 12.8. The second-order valence-corrected chi connectivity index (χ2v) is 10.7. The van der Waals surface area contributed by atoms with Crippen LogP contribution in [0.15, 0.2) is 55.0 Å². The van der Waals surface area contributed by atoms with Gasteiger partial charge in [-0.2, -0.15) is 0 Å². The Kier molecular flexibility index (Phi) is 5.43. The standard InChI is InChI=1S/C29H31N5O2/c1-29(2,3)36-28(35)34-14-4-5-25(34)27-32-23-13-11-21-15-20(10-12-22(21)26(23)33-27)18-6-8-19(9-7-18)24-16-30-17-31-24/h6-10,12,15-17,25H,4-5,11,13-14H2,1-3H3,(H,30,31)(H,32,33)/t25-/m0/s1. The zero-order chi connectivity index (χ0) is 24.9. The van der Waals surface area contributed by atoms with Crippen LogP contribution in [0.3, 0.4) is 0 Å². The van der Waals surface area contributed by atoms with E-state index in [1.54, 1.807) is 6.33 Å². The van der Waals surface area contributed by atoms with E-state index in [1.165, 1.54) is 22.3 Å². The number of fused-ring (bicyclic) bond motifs is 3. The SMILES string of the molecule is CC(C)(C)OC(=O)N1CCC[C@H]1c1nc2c([nH]1)-c1ccc(-c3ccc(-c4cnc[nH]4)cc3)cc1CC2. The van der Waals surface area contributed by atoms with Crippen molar-refractivity contribution in [3.8, 4) is 33.6 Å². The highest BCUT2D eigenvalue weighted by molar-refractivity contribution is 5.76. The van der Waals surface area contributed by atoms with E-state index in [0.29, 0.717) is 6.54 Å². The van der Waals surface area contributed by atoms with Crippen LogP contribution in [0.25, 0.3) is 33.6 Å². The van der Waals surface area contributed by atoms with Gasteiger partial charge >= 0.3 is 6.09 Å². The first kappa shape index (κ1) is 22.6. The van der Waals surface area contributed by atoms with Gasteiger partial charge in [-0.15, -0.1) is 0 Å². The van der Waals surface area contributed by atoms with Gasteiger partial charge in [0.2, 0.25) is 0 Å². The molecule has 0 spiro atoms. The first-order chi connectivity index (χ1) is 17.4. The van der Waals surface area contributed by atoms with Crippen LogP contribution in [0.2, 0.25) is 0 Å². The van der Waals surface area contributed by atoms with Crippen LogP contribution in [-0.4, -0.2) is 43.1 Å². The number of likely N-dealkylation sites (tertiary alicyclic amines) is 1. The fourth-order valence-electron chi connectivity index (χ4n) is 5.31. The van der Waals surface area contributed by atoms with Gasteiger partial charge in [0.05, 0.1) is 35.6 Å². The van der Waals surface area contributed by atoms with Gasteiger partial charge in [0.15, 0.2) is 0 Å². The maximum Gasteiger partial charge on any atom is 0.410 e. The van der Waals surface area contributed by atoms with Crippen LogP contribution < -0.4 is 0 Å². The summed E-state index contributed by atoms with van der Waals surface area (Å²) in [4.78, 5) is 30.4. The van der Waals surface area contributed by atoms with Gasteiger partial charge in [-0.1, -0.05) is 42.5 Å². The van der Waals surface area contributed by atoms with E-state index >= 15 is 0 Å². The summed E-state index contributed by atoms with van der Waals surface area (Å²) in [6.07, 6.45) is 6.96. The number of imidazole rings is 2. The Balaban J connectivity index is 1.26. The number of nitrogens with zero attached hydrogens (tertiary/aromatic N) is 3. The quantitative estimate of drug-likeness (QED) is 0.359. The van der Waals surface area contributed by atoms with Gasteiger partial charge in [-0.3, -0.25) is 4.90 Å². The van der Waals surface area contributed by atoms with Crippen molar-refractivity contribution in [2.75, 3.05) is 6.54 Å². The lowest BCUT2D eigenvalue weighted by molar-refractivity contribution is 0.0218. The highest BCUT2D eigenvalue weighted by Crippen LogP contribution is 2.38. The number of rotatable bonds is 3. The predicted octanol–water partition coefficient (Wildman–Crippen LogP) is 6.30. The van der Waals surface area contributed by atoms with Gasteiger partial charge in [0, 0.05) is 12.1 Å². The van der Waals surface area contributed by atoms with E-state index in [-0.39, 0.29) is 12.1 Å². The molecule has 2 aromatic carbocycles. The molecule has 2 N–H and O–H groups in total. The van der Waals surface area contributed by atoms with Gasteiger partial charge in [0.25, 0.3) is 0 Å². The molecule has 1 aliphatic carbocycles. The summed E-state index contributed by atoms with van der Waals surface area (Å²) in [5.41, 5.74) is 8.73. The summed E-state index contributed by atoms with van der Waals surface area (Å²) < 4.78 is 5.66. The van der Waals surface area contributed by atoms with Gasteiger partial charge in [0.1, 0.15) is 11.4 Å². The first-order valence-corrected chi connectivity index (χ1v) is 12.7. The van der Waals surface area contributed by atoms with Crippen molar-refractivity contribution in [2.45, 2.75) is 58.1 Å². The number of aryl methyl sites for hydroxylation is 2. The van der Waals surface area contributed by atoms with Crippen molar-refractivity contribution in [1.29, 1.82) is 0 Å². The molecule has 3 heterocycles. The third kappa shape index (κ3) is 4.19. The smallest absolute Gasteiger partial charge is 0.410 e. The molecule has 1 atom stereocenters. The lowest BCUT2D eigenvalue weighted by Crippen LogP contribution is -2.36. The lowest BCUT2D eigenvalue weighted by Gasteiger charge is -2.27. The molecule has 6 rings (SSSR count). The number of hydrogen-bond donors (Lipinski definition) is 2. The molecular weight excluding hydrogens is 450 g/mol. The summed E-state index contributed by atoms with van der Waals surface area (Å²) >= 11 is 0. The minimum absolute atomic E-state index is 0.0680. The van der Waals surface area contributed by atoms with E-state index in [2.05, 4.69) is 57.4 Å². The summed E-state index contributed by atoms with van der Waals surface area (Å²) in [6, 6.07) is 15.2. The van der Waals surface area contributed by atoms with Crippen molar-refractivity contribution >= 4 is 6.09 Å². The number of H-pyrrole nitrogens is 2. The van der Waals surface area contributed by atoms with E-state index in [4.69, 9.17) is 9.72 Å². The second-order valence-electron chi connectivity index (χ2n) is 10.7. The summed E-state index contributed by atoms with van der Waals surface area (Å²) in [7, 11) is 0. The van der Waals surface area contributed by atoms with Crippen molar-refractivity contribution in [3.05, 3.63) is 72.1 Å². The minimum atomic E-state index is -0.511. The number of carbonyl (C=O) groups excluding carboxylic acids is 1. The zero-order valence-electron chi connectivity index (χ0n) is 21.0. The summed E-state index contributed by atoms with van der Waals surface area (Å²) in [6.45, 7) is 6.41. The second kappa shape index (κ2) is 8.66. The normalized spacial score (nSPS) is 17.1. The highest BCUT2D eigenvalue weighted by atomic mass is 16.6. The monoisotopic (exact) mass is 481 g/mol. The van der Waals surface area contributed by atoms with Crippen molar-refractivity contribution in [1.82, 2.24) is 24.8 Å². The van der Waals surface area contributed by atoms with Crippen LogP contribution in [0.1, 0.15) is 56.7 Å². The van der Waals surface area contributed by atoms with Gasteiger partial charge < -0.3 is 14.7 Å². The fourth-order valence-corrected chi connectivity index (χ4v) is 5.31. The van der Waals surface area contributed by atoms with Crippen molar-refractivity contribution in [2.24, 2.45) is 0 Å². The molecule has 7 nitrogen and oxygen atoms in total. The van der Waals surface area contributed by atoms with Crippen LogP contribution in [-0.2, 0) is 17.6 Å². The Morgan fingerprint density at radius 1 is 1.06 bits per heavy atom. The molecule has 2 aromatic heterocycles. The lowest BCUT2D eigenvalue weighted by atomic mass is 9.89. The molecule has 1 aliphatic heterocycles. The minimum Gasteiger partial charge on any atom is -0.444 e. The molecule has 0 bridgehead atoms. The Labute approximate surface area is 210 Å². The van der Waals surface area contributed by atoms with E-state index in [9.17, 15) is 4.79 Å². The van der Waals surface area contributed by atoms with Crippen molar-refractivity contribution < 1.29 is 9.53 Å². The number of hydrogen-bond acceptors (Lipinski definition) is 4. The molecule has 7 heteroatoms. The number of nitrogens with one attached hydrogen (secondary N) is 2. The van der Waals surface area contributed by atoms with E-state index in [0.717, 1.165) is 54.2 Å². The van der Waals surface area contributed by atoms with Crippen LogP contribution in [0.5, 0.6) is 0 Å². The Hall–Kier alpha value is -3.87. The largest absolute Gasteiger partial charge is 0.444 e. The number of benzene rings is 2. The predicted molar refractivity (Wildman–Crippen MR) is 139 cm³/mol. The molecule has 1 amide bonds. The number of aromatic amines is 2. The molecule has 4 aromatic rings. The van der Waals surface area contributed by atoms with Crippen LogP contribution in [0.4, 0.5) is 4.79 Å². The highest BCUT2D eigenvalue weighted by Gasteiger charge is 2.36. The topological polar surface area (TPSA) is 86.9 Å². The van der Waals surface area contributed by atoms with Crippen LogP contribution in [0, 0.1) is 0 Å². The number of amides is 1. The Bertz CT molecular complexity index is 1400. The molecule has 2 aliphatic rings. The summed E-state index contributed by atoms with van der Waals surface area (Å²) in [5.74, 6) is 0.870. The zero-order valence-corrected chi connectivity index (χ0v) is 21.0. The third-order valence-corrected chi connectivity index (χ3v) is 7.03.